The fourth-order valence-electron chi connectivity index (χ4n) is 3.15. The number of hydrogen-bond donors (Lipinski definition) is 1. The first-order valence-electron chi connectivity index (χ1n) is 8.35. The molecule has 0 amide bonds. The molecule has 0 spiro atoms. The van der Waals surface area contributed by atoms with Gasteiger partial charge in [-0.05, 0) is 67.1 Å². The zero-order valence-electron chi connectivity index (χ0n) is 14.7. The minimum absolute atomic E-state index is 0.101. The number of esters is 1. The second kappa shape index (κ2) is 7.37. The van der Waals surface area contributed by atoms with E-state index in [4.69, 9.17) is 4.74 Å². The Morgan fingerprint density at radius 3 is 2.38 bits per heavy atom. The summed E-state index contributed by atoms with van der Waals surface area (Å²) < 4.78 is 38.3. The number of ether oxygens (including phenoxy) is 2. The van der Waals surface area contributed by atoms with E-state index in [0.29, 0.717) is 5.75 Å². The lowest BCUT2D eigenvalue weighted by molar-refractivity contribution is 0.0601. The predicted octanol–water partition coefficient (Wildman–Crippen LogP) is 3.16. The van der Waals surface area contributed by atoms with Crippen LogP contribution < -0.4 is 9.46 Å². The van der Waals surface area contributed by atoms with Crippen molar-refractivity contribution >= 4 is 21.7 Å². The summed E-state index contributed by atoms with van der Waals surface area (Å²) in [5.74, 6) is -0.209. The maximum Gasteiger partial charge on any atom is 0.337 e. The van der Waals surface area contributed by atoms with Crippen LogP contribution in [0.5, 0.6) is 5.75 Å². The normalized spacial score (nSPS) is 13.6. The summed E-state index contributed by atoms with van der Waals surface area (Å²) in [6.07, 6.45) is 3.94. The number of anilines is 1. The van der Waals surface area contributed by atoms with Crippen LogP contribution in [0.1, 0.15) is 34.3 Å². The quantitative estimate of drug-likeness (QED) is 0.812. The molecule has 0 aliphatic heterocycles. The molecule has 0 heterocycles. The molecule has 0 bridgehead atoms. The molecule has 0 aromatic heterocycles. The van der Waals surface area contributed by atoms with Gasteiger partial charge in [-0.2, -0.15) is 0 Å². The molecule has 0 saturated carbocycles. The van der Waals surface area contributed by atoms with E-state index in [2.05, 4.69) is 9.46 Å². The lowest BCUT2D eigenvalue weighted by Crippen LogP contribution is -2.16. The number of rotatable bonds is 5. The van der Waals surface area contributed by atoms with Crippen LogP contribution in [0.4, 0.5) is 5.69 Å². The number of carbonyl (C=O) groups is 1. The van der Waals surface area contributed by atoms with E-state index in [-0.39, 0.29) is 16.1 Å². The number of sulfonamides is 1. The topological polar surface area (TPSA) is 81.7 Å². The Balaban J connectivity index is 1.97. The molecular formula is C19H21NO5S. The number of benzene rings is 2. The van der Waals surface area contributed by atoms with Crippen molar-refractivity contribution in [2.75, 3.05) is 18.9 Å². The Morgan fingerprint density at radius 2 is 1.73 bits per heavy atom. The van der Waals surface area contributed by atoms with Gasteiger partial charge in [0.05, 0.1) is 19.8 Å². The summed E-state index contributed by atoms with van der Waals surface area (Å²) in [4.78, 5) is 11.7. The van der Waals surface area contributed by atoms with Crippen molar-refractivity contribution in [3.63, 3.8) is 0 Å². The second-order valence-corrected chi connectivity index (χ2v) is 7.81. The molecule has 1 aliphatic carbocycles. The van der Waals surface area contributed by atoms with Crippen LogP contribution in [0.2, 0.25) is 0 Å². The average Bonchev–Trinajstić information content (AvgIpc) is 2.66. The first-order valence-corrected chi connectivity index (χ1v) is 9.84. The van der Waals surface area contributed by atoms with Crippen LogP contribution in [-0.4, -0.2) is 28.6 Å². The average molecular weight is 375 g/mol. The molecule has 0 fully saturated rings. The van der Waals surface area contributed by atoms with E-state index >= 15 is 0 Å². The van der Waals surface area contributed by atoms with Gasteiger partial charge in [0.25, 0.3) is 10.0 Å². The lowest BCUT2D eigenvalue weighted by Gasteiger charge is -2.19. The van der Waals surface area contributed by atoms with E-state index in [0.717, 1.165) is 36.8 Å². The van der Waals surface area contributed by atoms with Crippen molar-refractivity contribution < 1.29 is 22.7 Å². The number of hydrogen-bond acceptors (Lipinski definition) is 5. The van der Waals surface area contributed by atoms with Gasteiger partial charge in [-0.3, -0.25) is 4.72 Å². The highest BCUT2D eigenvalue weighted by molar-refractivity contribution is 7.92. The standard InChI is InChI=1S/C19H21NO5S/c1-24-17-11-13-6-3-4-7-14(13)12-18(17)26(22,23)20-16-9-5-8-15(10-16)19(21)25-2/h5,8-12,20H,3-4,6-7H2,1-2H3. The SMILES string of the molecule is COC(=O)c1cccc(NS(=O)(=O)c2cc3c(cc2OC)CCCC3)c1. The molecule has 1 N–H and O–H groups in total. The van der Waals surface area contributed by atoms with Crippen LogP contribution in [0, 0.1) is 0 Å². The molecule has 26 heavy (non-hydrogen) atoms. The fourth-order valence-corrected chi connectivity index (χ4v) is 4.40. The van der Waals surface area contributed by atoms with Gasteiger partial charge in [0.1, 0.15) is 10.6 Å². The van der Waals surface area contributed by atoms with Gasteiger partial charge in [-0.1, -0.05) is 6.07 Å². The molecule has 6 nitrogen and oxygen atoms in total. The minimum atomic E-state index is -3.87. The fraction of sp³-hybridized carbons (Fsp3) is 0.316. The number of aryl methyl sites for hydroxylation is 2. The van der Waals surface area contributed by atoms with E-state index in [9.17, 15) is 13.2 Å². The van der Waals surface area contributed by atoms with Gasteiger partial charge in [0.15, 0.2) is 0 Å². The van der Waals surface area contributed by atoms with Crippen LogP contribution >= 0.6 is 0 Å². The number of nitrogens with one attached hydrogen (secondary N) is 1. The zero-order valence-corrected chi connectivity index (χ0v) is 15.6. The molecule has 0 saturated heterocycles. The molecule has 2 aromatic rings. The Kier molecular flexibility index (Phi) is 5.18. The number of fused-ring (bicyclic) bond motifs is 1. The zero-order chi connectivity index (χ0) is 18.7. The van der Waals surface area contributed by atoms with Gasteiger partial charge in [0, 0.05) is 5.69 Å². The maximum absolute atomic E-state index is 12.9. The van der Waals surface area contributed by atoms with Crippen molar-refractivity contribution in [3.05, 3.63) is 53.1 Å². The lowest BCUT2D eigenvalue weighted by atomic mass is 9.92. The Morgan fingerprint density at radius 1 is 1.04 bits per heavy atom. The first kappa shape index (κ1) is 18.3. The predicted molar refractivity (Wildman–Crippen MR) is 98.2 cm³/mol. The summed E-state index contributed by atoms with van der Waals surface area (Å²) >= 11 is 0. The Bertz CT molecular complexity index is 937. The van der Waals surface area contributed by atoms with Crippen molar-refractivity contribution in [1.29, 1.82) is 0 Å². The molecule has 2 aromatic carbocycles. The third-order valence-corrected chi connectivity index (χ3v) is 5.86. The van der Waals surface area contributed by atoms with Crippen molar-refractivity contribution in [2.45, 2.75) is 30.6 Å². The number of methoxy groups -OCH3 is 2. The molecular weight excluding hydrogens is 354 g/mol. The van der Waals surface area contributed by atoms with Crippen LogP contribution in [0.15, 0.2) is 41.3 Å². The van der Waals surface area contributed by atoms with Crippen LogP contribution in [0.3, 0.4) is 0 Å². The maximum atomic E-state index is 12.9. The Labute approximate surface area is 153 Å². The van der Waals surface area contributed by atoms with Crippen LogP contribution in [-0.2, 0) is 27.6 Å². The van der Waals surface area contributed by atoms with E-state index < -0.39 is 16.0 Å². The van der Waals surface area contributed by atoms with Crippen molar-refractivity contribution in [1.82, 2.24) is 0 Å². The molecule has 7 heteroatoms. The van der Waals surface area contributed by atoms with Gasteiger partial charge in [-0.15, -0.1) is 0 Å². The summed E-state index contributed by atoms with van der Waals surface area (Å²) in [5.41, 5.74) is 2.73. The molecule has 0 radical (unpaired) electrons. The van der Waals surface area contributed by atoms with Crippen molar-refractivity contribution in [2.24, 2.45) is 0 Å². The molecule has 0 unspecified atom stereocenters. The summed E-state index contributed by atoms with van der Waals surface area (Å²) in [6.45, 7) is 0. The third kappa shape index (κ3) is 3.67. The van der Waals surface area contributed by atoms with E-state index in [1.807, 2.05) is 6.07 Å². The van der Waals surface area contributed by atoms with Crippen LogP contribution in [0.25, 0.3) is 0 Å². The number of carbonyl (C=O) groups excluding carboxylic acids is 1. The first-order chi connectivity index (χ1) is 12.4. The highest BCUT2D eigenvalue weighted by Crippen LogP contribution is 2.33. The van der Waals surface area contributed by atoms with Crippen molar-refractivity contribution in [3.8, 4) is 5.75 Å². The van der Waals surface area contributed by atoms with E-state index in [1.165, 1.54) is 20.3 Å². The highest BCUT2D eigenvalue weighted by Gasteiger charge is 2.23. The molecule has 138 valence electrons. The molecule has 3 rings (SSSR count). The van der Waals surface area contributed by atoms with E-state index in [1.54, 1.807) is 24.3 Å². The Hall–Kier alpha value is -2.54. The van der Waals surface area contributed by atoms with Gasteiger partial charge in [0.2, 0.25) is 0 Å². The monoisotopic (exact) mass is 375 g/mol. The summed E-state index contributed by atoms with van der Waals surface area (Å²) in [6, 6.07) is 9.67. The smallest absolute Gasteiger partial charge is 0.337 e. The molecule has 1 aliphatic rings. The van der Waals surface area contributed by atoms with Gasteiger partial charge < -0.3 is 9.47 Å². The second-order valence-electron chi connectivity index (χ2n) is 6.16. The highest BCUT2D eigenvalue weighted by atomic mass is 32.2. The van der Waals surface area contributed by atoms with Gasteiger partial charge in [-0.25, -0.2) is 13.2 Å². The minimum Gasteiger partial charge on any atom is -0.495 e. The third-order valence-electron chi connectivity index (χ3n) is 4.45. The van der Waals surface area contributed by atoms with Gasteiger partial charge >= 0.3 is 5.97 Å². The summed E-state index contributed by atoms with van der Waals surface area (Å²) in [7, 11) is -1.13. The molecule has 0 atom stereocenters. The largest absolute Gasteiger partial charge is 0.495 e. The summed E-state index contributed by atoms with van der Waals surface area (Å²) in [5, 5.41) is 0.